The average Bonchev–Trinajstić information content (AvgIpc) is 3.34. The van der Waals surface area contributed by atoms with Crippen LogP contribution in [0, 0.1) is 33.6 Å². The molecule has 3 aromatic rings. The molecule has 5 heteroatoms. The highest BCUT2D eigenvalue weighted by atomic mass is 16.5. The van der Waals surface area contributed by atoms with Gasteiger partial charge >= 0.3 is 0 Å². The normalized spacial score (nSPS) is 15.2. The first-order chi connectivity index (χ1) is 13.4. The van der Waals surface area contributed by atoms with Gasteiger partial charge in [-0.15, -0.1) is 0 Å². The quantitative estimate of drug-likeness (QED) is 0.554. The van der Waals surface area contributed by atoms with Crippen LogP contribution in [0.1, 0.15) is 61.5 Å². The third kappa shape index (κ3) is 3.89. The number of aryl methyl sites for hydroxylation is 4. The van der Waals surface area contributed by atoms with E-state index in [0.29, 0.717) is 11.6 Å². The number of hydrogen-bond acceptors (Lipinski definition) is 5. The molecule has 1 fully saturated rings. The predicted molar refractivity (Wildman–Crippen MR) is 114 cm³/mol. The number of benzene rings is 1. The number of rotatable bonds is 7. The van der Waals surface area contributed by atoms with Crippen molar-refractivity contribution >= 4 is 16.9 Å². The second kappa shape index (κ2) is 7.53. The molecule has 1 aromatic carbocycles. The lowest BCUT2D eigenvalue weighted by atomic mass is 9.97. The Labute approximate surface area is 166 Å². The standard InChI is InChI=1S/C23H30N4O/c1-13-11-14(2)19(15(3)12-13)20-21-22(28-27-20)23(26-17(5)25-21)24-16(4)7-6-8-18-9-10-18/h11-12,16,18H,6-10H2,1-5H3,(H,24,25,26). The molecule has 0 radical (unpaired) electrons. The molecule has 148 valence electrons. The van der Waals surface area contributed by atoms with Crippen LogP contribution in [0.5, 0.6) is 0 Å². The van der Waals surface area contributed by atoms with Crippen LogP contribution in [0.15, 0.2) is 16.7 Å². The van der Waals surface area contributed by atoms with Crippen LogP contribution in [-0.4, -0.2) is 21.2 Å². The summed E-state index contributed by atoms with van der Waals surface area (Å²) in [6.45, 7) is 10.5. The lowest BCUT2D eigenvalue weighted by Gasteiger charge is -2.14. The lowest BCUT2D eigenvalue weighted by Crippen LogP contribution is -2.16. The fourth-order valence-corrected chi connectivity index (χ4v) is 4.18. The van der Waals surface area contributed by atoms with Crippen LogP contribution >= 0.6 is 0 Å². The maximum atomic E-state index is 5.75. The molecule has 0 bridgehead atoms. The molecule has 4 rings (SSSR count). The molecule has 1 aliphatic carbocycles. The molecule has 0 aliphatic heterocycles. The minimum absolute atomic E-state index is 0.340. The minimum Gasteiger partial charge on any atom is -0.364 e. The molecule has 1 unspecified atom stereocenters. The highest BCUT2D eigenvalue weighted by molar-refractivity contribution is 5.95. The van der Waals surface area contributed by atoms with E-state index in [9.17, 15) is 0 Å². The SMILES string of the molecule is Cc1cc(C)c(-c2noc3c(NC(C)CCCC4CC4)nc(C)nc23)c(C)c1. The summed E-state index contributed by atoms with van der Waals surface area (Å²) in [7, 11) is 0. The van der Waals surface area contributed by atoms with Gasteiger partial charge in [0.1, 0.15) is 17.0 Å². The molecule has 0 spiro atoms. The number of hydrogen-bond donors (Lipinski definition) is 1. The van der Waals surface area contributed by atoms with E-state index in [4.69, 9.17) is 4.52 Å². The number of fused-ring (bicyclic) bond motifs is 1. The first-order valence-electron chi connectivity index (χ1n) is 10.4. The van der Waals surface area contributed by atoms with Gasteiger partial charge in [-0.05, 0) is 58.1 Å². The zero-order chi connectivity index (χ0) is 19.8. The monoisotopic (exact) mass is 378 g/mol. The van der Waals surface area contributed by atoms with Crippen molar-refractivity contribution in [1.29, 1.82) is 0 Å². The Bertz CT molecular complexity index is 980. The summed E-state index contributed by atoms with van der Waals surface area (Å²) in [5, 5.41) is 7.94. The van der Waals surface area contributed by atoms with Gasteiger partial charge in [0.2, 0.25) is 5.58 Å². The Balaban J connectivity index is 1.65. The summed E-state index contributed by atoms with van der Waals surface area (Å²) >= 11 is 0. The van der Waals surface area contributed by atoms with Crippen molar-refractivity contribution in [2.75, 3.05) is 5.32 Å². The lowest BCUT2D eigenvalue weighted by molar-refractivity contribution is 0.458. The first-order valence-corrected chi connectivity index (χ1v) is 10.4. The molecule has 2 heterocycles. The van der Waals surface area contributed by atoms with E-state index in [-0.39, 0.29) is 0 Å². The summed E-state index contributed by atoms with van der Waals surface area (Å²) < 4.78 is 5.75. The number of nitrogens with one attached hydrogen (secondary N) is 1. The summed E-state index contributed by atoms with van der Waals surface area (Å²) in [5.74, 6) is 2.47. The van der Waals surface area contributed by atoms with E-state index in [0.717, 1.165) is 40.8 Å². The van der Waals surface area contributed by atoms with Crippen LogP contribution < -0.4 is 5.32 Å². The molecule has 1 aliphatic rings. The molecule has 2 aromatic heterocycles. The van der Waals surface area contributed by atoms with Crippen molar-refractivity contribution in [1.82, 2.24) is 15.1 Å². The van der Waals surface area contributed by atoms with Crippen LogP contribution in [0.25, 0.3) is 22.4 Å². The highest BCUT2D eigenvalue weighted by Crippen LogP contribution is 2.36. The summed E-state index contributed by atoms with van der Waals surface area (Å²) in [5.41, 5.74) is 6.97. The Morgan fingerprint density at radius 2 is 1.82 bits per heavy atom. The van der Waals surface area contributed by atoms with Gasteiger partial charge in [-0.25, -0.2) is 9.97 Å². The van der Waals surface area contributed by atoms with Gasteiger partial charge in [0.25, 0.3) is 0 Å². The van der Waals surface area contributed by atoms with Gasteiger partial charge in [-0.1, -0.05) is 48.5 Å². The fraction of sp³-hybridized carbons (Fsp3) is 0.522. The first kappa shape index (κ1) is 18.9. The molecule has 1 atom stereocenters. The van der Waals surface area contributed by atoms with Crippen molar-refractivity contribution in [3.8, 4) is 11.3 Å². The maximum Gasteiger partial charge on any atom is 0.228 e. The highest BCUT2D eigenvalue weighted by Gasteiger charge is 2.22. The number of aromatic nitrogens is 3. The van der Waals surface area contributed by atoms with Crippen molar-refractivity contribution in [2.45, 2.75) is 72.8 Å². The molecule has 0 amide bonds. The van der Waals surface area contributed by atoms with Gasteiger partial charge in [-0.2, -0.15) is 0 Å². The van der Waals surface area contributed by atoms with E-state index in [1.807, 2.05) is 6.92 Å². The van der Waals surface area contributed by atoms with Gasteiger partial charge in [0.05, 0.1) is 0 Å². The van der Waals surface area contributed by atoms with E-state index >= 15 is 0 Å². The third-order valence-electron chi connectivity index (χ3n) is 5.67. The van der Waals surface area contributed by atoms with Gasteiger partial charge in [-0.3, -0.25) is 0 Å². The second-order valence-corrected chi connectivity index (χ2v) is 8.52. The average molecular weight is 379 g/mol. The van der Waals surface area contributed by atoms with Gasteiger partial charge in [0.15, 0.2) is 5.82 Å². The van der Waals surface area contributed by atoms with Crippen LogP contribution in [0.4, 0.5) is 5.82 Å². The molecule has 0 saturated heterocycles. The summed E-state index contributed by atoms with van der Waals surface area (Å²) in [4.78, 5) is 9.28. The number of nitrogens with zero attached hydrogens (tertiary/aromatic N) is 3. The van der Waals surface area contributed by atoms with Crippen molar-refractivity contribution in [3.63, 3.8) is 0 Å². The van der Waals surface area contributed by atoms with E-state index in [1.165, 1.54) is 42.4 Å². The van der Waals surface area contributed by atoms with Crippen LogP contribution in [0.3, 0.4) is 0 Å². The van der Waals surface area contributed by atoms with Gasteiger partial charge < -0.3 is 9.84 Å². The molecule has 1 N–H and O–H groups in total. The summed E-state index contributed by atoms with van der Waals surface area (Å²) in [6, 6.07) is 4.70. The Hall–Kier alpha value is -2.43. The van der Waals surface area contributed by atoms with Crippen molar-refractivity contribution in [3.05, 3.63) is 34.6 Å². The zero-order valence-corrected chi connectivity index (χ0v) is 17.6. The molecule has 1 saturated carbocycles. The van der Waals surface area contributed by atoms with E-state index in [1.54, 1.807) is 0 Å². The molecular weight excluding hydrogens is 348 g/mol. The fourth-order valence-electron chi connectivity index (χ4n) is 4.18. The summed E-state index contributed by atoms with van der Waals surface area (Å²) in [6.07, 6.45) is 6.59. The Morgan fingerprint density at radius 1 is 1.11 bits per heavy atom. The van der Waals surface area contributed by atoms with E-state index < -0.39 is 0 Å². The van der Waals surface area contributed by atoms with E-state index in [2.05, 4.69) is 60.3 Å². The Morgan fingerprint density at radius 3 is 2.50 bits per heavy atom. The largest absolute Gasteiger partial charge is 0.364 e. The van der Waals surface area contributed by atoms with Gasteiger partial charge in [0, 0.05) is 11.6 Å². The maximum absolute atomic E-state index is 5.75. The Kier molecular flexibility index (Phi) is 5.09. The zero-order valence-electron chi connectivity index (χ0n) is 17.6. The van der Waals surface area contributed by atoms with Crippen LogP contribution in [-0.2, 0) is 0 Å². The molecular formula is C23H30N4O. The topological polar surface area (TPSA) is 63.8 Å². The van der Waals surface area contributed by atoms with Crippen LogP contribution in [0.2, 0.25) is 0 Å². The third-order valence-corrected chi connectivity index (χ3v) is 5.67. The number of anilines is 1. The second-order valence-electron chi connectivity index (χ2n) is 8.52. The predicted octanol–water partition coefficient (Wildman–Crippen LogP) is 5.90. The van der Waals surface area contributed by atoms with Crippen molar-refractivity contribution in [2.24, 2.45) is 5.92 Å². The molecule has 5 nitrogen and oxygen atoms in total. The molecule has 28 heavy (non-hydrogen) atoms. The smallest absolute Gasteiger partial charge is 0.228 e. The van der Waals surface area contributed by atoms with Crippen molar-refractivity contribution < 1.29 is 4.52 Å². The minimum atomic E-state index is 0.340.